The molecule has 1 atom stereocenters. The van der Waals surface area contributed by atoms with Crippen LogP contribution >= 0.6 is 0 Å². The lowest BCUT2D eigenvalue weighted by atomic mass is 9.79. The lowest BCUT2D eigenvalue weighted by Crippen LogP contribution is -2.29. The molecule has 0 saturated carbocycles. The molecule has 0 saturated heterocycles. The van der Waals surface area contributed by atoms with Gasteiger partial charge in [0.05, 0.1) is 0 Å². The number of aromatic hydroxyl groups is 1. The van der Waals surface area contributed by atoms with Crippen LogP contribution in [0.2, 0.25) is 0 Å². The Kier molecular flexibility index (Phi) is 3.91. The molecule has 0 aromatic heterocycles. The van der Waals surface area contributed by atoms with Gasteiger partial charge in [-0.3, -0.25) is 0 Å². The van der Waals surface area contributed by atoms with Gasteiger partial charge in [0.15, 0.2) is 5.60 Å². The Bertz CT molecular complexity index is 1110. The third-order valence-corrected chi connectivity index (χ3v) is 6.65. The van der Waals surface area contributed by atoms with Crippen LogP contribution in [0.4, 0.5) is 0 Å². The highest BCUT2D eigenvalue weighted by molar-refractivity contribution is 7.87. The van der Waals surface area contributed by atoms with E-state index in [2.05, 4.69) is 0 Å². The van der Waals surface area contributed by atoms with Crippen molar-refractivity contribution < 1.29 is 17.7 Å². The second-order valence-electron chi connectivity index (χ2n) is 7.02. The molecule has 4 rings (SSSR count). The van der Waals surface area contributed by atoms with E-state index in [0.29, 0.717) is 16.7 Å². The molecule has 0 amide bonds. The summed E-state index contributed by atoms with van der Waals surface area (Å²) in [6.07, 6.45) is 0. The van der Waals surface area contributed by atoms with Crippen LogP contribution in [0.3, 0.4) is 0 Å². The number of rotatable bonds is 2. The van der Waals surface area contributed by atoms with Crippen LogP contribution in [0.25, 0.3) is 0 Å². The zero-order chi connectivity index (χ0) is 19.4. The van der Waals surface area contributed by atoms with Gasteiger partial charge >= 0.3 is 0 Å². The van der Waals surface area contributed by atoms with Crippen LogP contribution < -0.4 is 0 Å². The zero-order valence-electron chi connectivity index (χ0n) is 15.4. The molecule has 27 heavy (non-hydrogen) atoms. The predicted octanol–water partition coefficient (Wildman–Crippen LogP) is 4.33. The molecule has 1 aliphatic heterocycles. The molecule has 4 nitrogen and oxygen atoms in total. The van der Waals surface area contributed by atoms with E-state index < -0.39 is 15.7 Å². The van der Waals surface area contributed by atoms with Crippen molar-refractivity contribution in [3.05, 3.63) is 94.0 Å². The van der Waals surface area contributed by atoms with Crippen LogP contribution in [0.5, 0.6) is 5.75 Å². The minimum Gasteiger partial charge on any atom is -0.508 e. The van der Waals surface area contributed by atoms with Crippen molar-refractivity contribution in [2.24, 2.45) is 0 Å². The van der Waals surface area contributed by atoms with E-state index in [4.69, 9.17) is 4.18 Å². The average molecular weight is 380 g/mol. The van der Waals surface area contributed by atoms with Gasteiger partial charge < -0.3 is 5.11 Å². The largest absolute Gasteiger partial charge is 0.508 e. The second kappa shape index (κ2) is 5.94. The predicted molar refractivity (Wildman–Crippen MR) is 103 cm³/mol. The first-order valence-corrected chi connectivity index (χ1v) is 10.1. The van der Waals surface area contributed by atoms with Crippen LogP contribution in [0.15, 0.2) is 65.6 Å². The van der Waals surface area contributed by atoms with Gasteiger partial charge in [-0.2, -0.15) is 8.42 Å². The van der Waals surface area contributed by atoms with Crippen LogP contribution in [0.1, 0.15) is 33.4 Å². The summed E-state index contributed by atoms with van der Waals surface area (Å²) < 4.78 is 31.6. The maximum absolute atomic E-state index is 12.8. The van der Waals surface area contributed by atoms with Crippen molar-refractivity contribution >= 4 is 10.1 Å². The number of benzene rings is 3. The van der Waals surface area contributed by atoms with E-state index in [0.717, 1.165) is 16.7 Å². The van der Waals surface area contributed by atoms with Gasteiger partial charge in [0.2, 0.25) is 0 Å². The summed E-state index contributed by atoms with van der Waals surface area (Å²) in [5.41, 5.74) is 3.52. The highest BCUT2D eigenvalue weighted by Gasteiger charge is 2.51. The maximum Gasteiger partial charge on any atom is 0.298 e. The summed E-state index contributed by atoms with van der Waals surface area (Å²) >= 11 is 0. The van der Waals surface area contributed by atoms with Crippen LogP contribution in [-0.2, 0) is 19.9 Å². The topological polar surface area (TPSA) is 63.6 Å². The van der Waals surface area contributed by atoms with Crippen molar-refractivity contribution in [1.29, 1.82) is 0 Å². The third kappa shape index (κ3) is 2.58. The number of phenolic OH excluding ortho intramolecular Hbond substituents is 1. The fourth-order valence-electron chi connectivity index (χ4n) is 3.64. The summed E-state index contributed by atoms with van der Waals surface area (Å²) in [4.78, 5) is 0.175. The zero-order valence-corrected chi connectivity index (χ0v) is 16.2. The number of fused-ring (bicyclic) bond motifs is 1. The van der Waals surface area contributed by atoms with E-state index in [1.807, 2.05) is 38.1 Å². The SMILES string of the molecule is Cc1ccc([C@@]2(c3ccc(O)c(C)c3)OS(=O)(=O)c3ccccc32)cc1C. The molecule has 0 fully saturated rings. The Balaban J connectivity index is 2.12. The fraction of sp³-hybridized carbons (Fsp3) is 0.182. The van der Waals surface area contributed by atoms with Gasteiger partial charge in [0.25, 0.3) is 10.1 Å². The normalized spacial score (nSPS) is 20.4. The first-order chi connectivity index (χ1) is 12.8. The standard InChI is InChI=1S/C22H20O4S/c1-14-8-9-17(12-15(14)2)22(18-10-11-20(23)16(3)13-18)19-6-4-5-7-21(19)27(24,25)26-22/h4-13,23H,1-3H3/t22-/m0/s1. The summed E-state index contributed by atoms with van der Waals surface area (Å²) in [5, 5.41) is 9.96. The summed E-state index contributed by atoms with van der Waals surface area (Å²) in [6, 6.07) is 17.8. The lowest BCUT2D eigenvalue weighted by molar-refractivity contribution is 0.180. The quantitative estimate of drug-likeness (QED) is 0.672. The highest BCUT2D eigenvalue weighted by Crippen LogP contribution is 2.50. The maximum atomic E-state index is 12.8. The Hall–Kier alpha value is -2.63. The summed E-state index contributed by atoms with van der Waals surface area (Å²) in [6.45, 7) is 5.78. The molecular formula is C22H20O4S. The number of phenols is 1. The molecular weight excluding hydrogens is 360 g/mol. The van der Waals surface area contributed by atoms with Gasteiger partial charge in [-0.05, 0) is 66.8 Å². The van der Waals surface area contributed by atoms with Gasteiger partial charge in [-0.15, -0.1) is 0 Å². The second-order valence-corrected chi connectivity index (χ2v) is 8.53. The van der Waals surface area contributed by atoms with E-state index in [1.54, 1.807) is 43.3 Å². The highest BCUT2D eigenvalue weighted by atomic mass is 32.2. The molecule has 0 spiro atoms. The number of aryl methyl sites for hydroxylation is 3. The fourth-order valence-corrected chi connectivity index (χ4v) is 5.07. The van der Waals surface area contributed by atoms with Crippen molar-refractivity contribution in [3.63, 3.8) is 0 Å². The molecule has 1 N–H and O–H groups in total. The first kappa shape index (κ1) is 17.8. The Morgan fingerprint density at radius 2 is 1.44 bits per heavy atom. The summed E-state index contributed by atoms with van der Waals surface area (Å²) in [5.74, 6) is 0.156. The number of hydrogen-bond acceptors (Lipinski definition) is 4. The molecule has 0 unspecified atom stereocenters. The molecule has 1 heterocycles. The van der Waals surface area contributed by atoms with Crippen LogP contribution in [0, 0.1) is 20.8 Å². The van der Waals surface area contributed by atoms with E-state index >= 15 is 0 Å². The Labute approximate surface area is 159 Å². The van der Waals surface area contributed by atoms with Gasteiger partial charge in [-0.1, -0.05) is 42.5 Å². The first-order valence-electron chi connectivity index (χ1n) is 8.69. The number of hydrogen-bond donors (Lipinski definition) is 1. The van der Waals surface area contributed by atoms with Crippen molar-refractivity contribution in [2.45, 2.75) is 31.3 Å². The van der Waals surface area contributed by atoms with Gasteiger partial charge in [-0.25, -0.2) is 4.18 Å². The molecule has 0 bridgehead atoms. The monoisotopic (exact) mass is 380 g/mol. The van der Waals surface area contributed by atoms with Crippen molar-refractivity contribution in [2.75, 3.05) is 0 Å². The lowest BCUT2D eigenvalue weighted by Gasteiger charge is -2.30. The van der Waals surface area contributed by atoms with E-state index in [-0.39, 0.29) is 10.6 Å². The molecule has 0 aliphatic carbocycles. The molecule has 1 aliphatic rings. The molecule has 3 aromatic rings. The Morgan fingerprint density at radius 3 is 2.11 bits per heavy atom. The molecule has 138 valence electrons. The smallest absolute Gasteiger partial charge is 0.298 e. The van der Waals surface area contributed by atoms with E-state index in [9.17, 15) is 13.5 Å². The van der Waals surface area contributed by atoms with Crippen molar-refractivity contribution in [1.82, 2.24) is 0 Å². The summed E-state index contributed by atoms with van der Waals surface area (Å²) in [7, 11) is -3.92. The minimum absolute atomic E-state index is 0.156. The van der Waals surface area contributed by atoms with Gasteiger partial charge in [0.1, 0.15) is 10.6 Å². The average Bonchev–Trinajstić information content (AvgIpc) is 2.89. The van der Waals surface area contributed by atoms with Crippen molar-refractivity contribution in [3.8, 4) is 5.75 Å². The Morgan fingerprint density at radius 1 is 0.815 bits per heavy atom. The van der Waals surface area contributed by atoms with Crippen LogP contribution in [-0.4, -0.2) is 13.5 Å². The molecule has 0 radical (unpaired) electrons. The molecule has 3 aromatic carbocycles. The third-order valence-electron chi connectivity index (χ3n) is 5.29. The van der Waals surface area contributed by atoms with Gasteiger partial charge in [0, 0.05) is 5.56 Å². The molecule has 5 heteroatoms. The van der Waals surface area contributed by atoms with E-state index in [1.165, 1.54) is 0 Å². The minimum atomic E-state index is -3.92.